The summed E-state index contributed by atoms with van der Waals surface area (Å²) in [5, 5.41) is 0.698. The zero-order valence-electron chi connectivity index (χ0n) is 9.81. The van der Waals surface area contributed by atoms with Crippen LogP contribution in [0, 0.1) is 0 Å². The van der Waals surface area contributed by atoms with Crippen LogP contribution in [0.15, 0.2) is 28.7 Å². The number of hydrogen-bond donors (Lipinski definition) is 1. The molecule has 1 N–H and O–H groups in total. The number of benzene rings is 1. The molecule has 0 spiro atoms. The molecule has 0 amide bonds. The number of rotatable bonds is 5. The normalized spacial score (nSPS) is 14.4. The molecule has 0 aliphatic rings. The van der Waals surface area contributed by atoms with Crippen molar-refractivity contribution < 1.29 is 13.9 Å². The summed E-state index contributed by atoms with van der Waals surface area (Å²) in [6.07, 6.45) is 0. The van der Waals surface area contributed by atoms with E-state index in [2.05, 4.69) is 15.9 Å². The van der Waals surface area contributed by atoms with Gasteiger partial charge in [-0.15, -0.1) is 0 Å². The van der Waals surface area contributed by atoms with E-state index >= 15 is 0 Å². The van der Waals surface area contributed by atoms with Gasteiger partial charge in [-0.2, -0.15) is 0 Å². The van der Waals surface area contributed by atoms with Gasteiger partial charge in [-0.3, -0.25) is 0 Å². The van der Waals surface area contributed by atoms with E-state index in [4.69, 9.17) is 9.05 Å². The summed E-state index contributed by atoms with van der Waals surface area (Å²) in [5.74, 6) is 0. The van der Waals surface area contributed by atoms with Crippen molar-refractivity contribution in [2.24, 2.45) is 0 Å². The van der Waals surface area contributed by atoms with Crippen molar-refractivity contribution in [3.8, 4) is 0 Å². The molecule has 1 aromatic carbocycles. The molecule has 0 atom stereocenters. The minimum atomic E-state index is -3.66. The van der Waals surface area contributed by atoms with Crippen molar-refractivity contribution in [3.63, 3.8) is 0 Å². The Labute approximate surface area is 105 Å². The summed E-state index contributed by atoms with van der Waals surface area (Å²) < 4.78 is 12.0. The third-order valence-corrected chi connectivity index (χ3v) is 5.93. The van der Waals surface area contributed by atoms with Crippen LogP contribution >= 0.6 is 23.2 Å². The zero-order valence-corrected chi connectivity index (χ0v) is 12.3. The number of hydrogen-bond acceptors (Lipinski definition) is 3. The monoisotopic (exact) mass is 308 g/mol. The third kappa shape index (κ3) is 3.02. The summed E-state index contributed by atoms with van der Waals surface area (Å²) in [6, 6.07) is 7.42. The first kappa shape index (κ1) is 14.1. The molecule has 3 nitrogen and oxygen atoms in total. The van der Waals surface area contributed by atoms with Crippen molar-refractivity contribution in [1.82, 2.24) is 0 Å². The molecule has 0 saturated heterocycles. The Balaban J connectivity index is 3.20. The van der Waals surface area contributed by atoms with Gasteiger partial charge in [0.2, 0.25) is 0 Å². The van der Waals surface area contributed by atoms with Gasteiger partial charge >= 0.3 is 105 Å². The Morgan fingerprint density at radius 1 is 1.25 bits per heavy atom. The second kappa shape index (κ2) is 5.11. The van der Waals surface area contributed by atoms with Gasteiger partial charge in [-0.1, -0.05) is 0 Å². The molecule has 0 aliphatic heterocycles. The van der Waals surface area contributed by atoms with E-state index in [9.17, 15) is 4.89 Å². The summed E-state index contributed by atoms with van der Waals surface area (Å²) in [7, 11) is -3.66. The summed E-state index contributed by atoms with van der Waals surface area (Å²) in [6.45, 7) is 6.17. The predicted octanol–water partition coefficient (Wildman–Crippen LogP) is 3.07. The Morgan fingerprint density at radius 2 is 1.81 bits per heavy atom. The molecule has 5 heteroatoms. The van der Waals surface area contributed by atoms with Crippen LogP contribution in [0.1, 0.15) is 13.8 Å². The summed E-state index contributed by atoms with van der Waals surface area (Å²) >= 11 is 3.38. The molecular formula is C11H18BrO3P. The standard InChI is InChI=1S/C11H18BrO3P/c1-4-14-16(3,13,15-5-2)11-8-6-7-10(12)9-11/h6-9,13H,4-5H2,1-3H3. The molecule has 0 radical (unpaired) electrons. The predicted molar refractivity (Wildman–Crippen MR) is 72.1 cm³/mol. The van der Waals surface area contributed by atoms with E-state index < -0.39 is 7.28 Å². The Morgan fingerprint density at radius 3 is 2.25 bits per heavy atom. The molecular weight excluding hydrogens is 291 g/mol. The minimum absolute atomic E-state index is 0.414. The Kier molecular flexibility index (Phi) is 4.49. The molecule has 0 aromatic heterocycles. The van der Waals surface area contributed by atoms with E-state index in [0.29, 0.717) is 18.5 Å². The molecule has 1 aromatic rings. The molecule has 0 aliphatic carbocycles. The Hall–Kier alpha value is 0.0100. The van der Waals surface area contributed by atoms with Crippen LogP contribution in [0.25, 0.3) is 0 Å². The fourth-order valence-corrected chi connectivity index (χ4v) is 4.61. The summed E-state index contributed by atoms with van der Waals surface area (Å²) in [5.41, 5.74) is 0. The molecule has 0 fully saturated rings. The van der Waals surface area contributed by atoms with E-state index in [0.717, 1.165) is 4.47 Å². The van der Waals surface area contributed by atoms with Gasteiger partial charge in [-0.05, 0) is 0 Å². The van der Waals surface area contributed by atoms with Crippen molar-refractivity contribution >= 4 is 28.5 Å². The van der Waals surface area contributed by atoms with Gasteiger partial charge in [0, 0.05) is 0 Å². The van der Waals surface area contributed by atoms with Crippen LogP contribution in [0.2, 0.25) is 0 Å². The fraction of sp³-hybridized carbons (Fsp3) is 0.455. The molecule has 0 heterocycles. The Bertz CT molecular complexity index is 358. The molecule has 0 unspecified atom stereocenters. The van der Waals surface area contributed by atoms with Gasteiger partial charge in [0.15, 0.2) is 0 Å². The van der Waals surface area contributed by atoms with E-state index in [1.165, 1.54) is 0 Å². The van der Waals surface area contributed by atoms with Gasteiger partial charge in [0.1, 0.15) is 0 Å². The topological polar surface area (TPSA) is 38.7 Å². The van der Waals surface area contributed by atoms with Crippen LogP contribution in [-0.2, 0) is 9.05 Å². The van der Waals surface area contributed by atoms with E-state index in [1.807, 2.05) is 38.1 Å². The van der Waals surface area contributed by atoms with Crippen LogP contribution in [-0.4, -0.2) is 24.8 Å². The first-order valence-corrected chi connectivity index (χ1v) is 8.50. The first-order chi connectivity index (χ1) is 7.41. The second-order valence-electron chi connectivity index (χ2n) is 3.62. The molecule has 92 valence electrons. The van der Waals surface area contributed by atoms with Gasteiger partial charge in [0.05, 0.1) is 0 Å². The molecule has 0 saturated carbocycles. The van der Waals surface area contributed by atoms with Crippen LogP contribution in [0.5, 0.6) is 0 Å². The average molecular weight is 309 g/mol. The quantitative estimate of drug-likeness (QED) is 0.850. The van der Waals surface area contributed by atoms with Crippen molar-refractivity contribution in [2.75, 3.05) is 19.9 Å². The van der Waals surface area contributed by atoms with Crippen molar-refractivity contribution in [2.45, 2.75) is 13.8 Å². The van der Waals surface area contributed by atoms with Crippen LogP contribution in [0.4, 0.5) is 0 Å². The maximum absolute atomic E-state index is 10.7. The van der Waals surface area contributed by atoms with Crippen LogP contribution in [0.3, 0.4) is 0 Å². The van der Waals surface area contributed by atoms with Crippen LogP contribution < -0.4 is 5.30 Å². The van der Waals surface area contributed by atoms with Crippen molar-refractivity contribution in [1.29, 1.82) is 0 Å². The maximum atomic E-state index is 10.7. The average Bonchev–Trinajstić information content (AvgIpc) is 2.18. The summed E-state index contributed by atoms with van der Waals surface area (Å²) in [4.78, 5) is 10.7. The number of halogens is 1. The molecule has 1 rings (SSSR count). The molecule has 0 bridgehead atoms. The third-order valence-electron chi connectivity index (χ3n) is 2.26. The van der Waals surface area contributed by atoms with Gasteiger partial charge in [-0.25, -0.2) is 0 Å². The zero-order chi connectivity index (χ0) is 12.3. The second-order valence-corrected chi connectivity index (χ2v) is 8.19. The van der Waals surface area contributed by atoms with Crippen molar-refractivity contribution in [3.05, 3.63) is 28.7 Å². The van der Waals surface area contributed by atoms with E-state index in [-0.39, 0.29) is 0 Å². The SMILES string of the molecule is CCOP(C)(O)(OCC)c1cccc(Br)c1. The van der Waals surface area contributed by atoms with Gasteiger partial charge in [0.25, 0.3) is 0 Å². The van der Waals surface area contributed by atoms with Gasteiger partial charge < -0.3 is 0 Å². The first-order valence-electron chi connectivity index (χ1n) is 5.24. The van der Waals surface area contributed by atoms with E-state index in [1.54, 1.807) is 6.66 Å². The fourth-order valence-electron chi connectivity index (χ4n) is 1.59. The molecule has 16 heavy (non-hydrogen) atoms.